The van der Waals surface area contributed by atoms with E-state index in [1.807, 2.05) is 13.8 Å². The first-order valence-corrected chi connectivity index (χ1v) is 10.9. The number of hydrogen-bond donors (Lipinski definition) is 3. The zero-order chi connectivity index (χ0) is 18.5. The number of nitrogens with one attached hydrogen (secondary N) is 3. The number of sulfone groups is 1. The van der Waals surface area contributed by atoms with Gasteiger partial charge in [-0.3, -0.25) is 9.79 Å². The van der Waals surface area contributed by atoms with Crippen LogP contribution in [0.5, 0.6) is 0 Å². The molecule has 1 fully saturated rings. The number of unbranched alkanes of at least 4 members (excludes halogenated alkanes) is 1. The average Bonchev–Trinajstić information content (AvgIpc) is 2.89. The van der Waals surface area contributed by atoms with Gasteiger partial charge in [-0.05, 0) is 33.1 Å². The lowest BCUT2D eigenvalue weighted by Gasteiger charge is -2.13. The van der Waals surface area contributed by atoms with Crippen molar-refractivity contribution < 1.29 is 17.9 Å². The maximum absolute atomic E-state index is 11.9. The molecule has 1 heterocycles. The highest BCUT2D eigenvalue weighted by Crippen LogP contribution is 2.11. The molecule has 1 atom stereocenters. The molecule has 0 saturated carbocycles. The van der Waals surface area contributed by atoms with Gasteiger partial charge in [-0.2, -0.15) is 0 Å². The molecule has 0 aromatic carbocycles. The second kappa shape index (κ2) is 12.1. The van der Waals surface area contributed by atoms with Crippen molar-refractivity contribution in [3.05, 3.63) is 0 Å². The van der Waals surface area contributed by atoms with Crippen LogP contribution in [-0.2, 0) is 19.4 Å². The Morgan fingerprint density at radius 1 is 1.24 bits per heavy atom. The molecule has 1 rings (SSSR count). The number of nitrogens with zero attached hydrogens (tertiary/aromatic N) is 1. The smallest absolute Gasteiger partial charge is 0.222 e. The molecule has 1 saturated heterocycles. The minimum Gasteiger partial charge on any atom is -0.382 e. The van der Waals surface area contributed by atoms with Crippen LogP contribution in [0.25, 0.3) is 0 Å². The van der Waals surface area contributed by atoms with Crippen molar-refractivity contribution in [1.29, 1.82) is 0 Å². The first-order chi connectivity index (χ1) is 12.0. The van der Waals surface area contributed by atoms with Gasteiger partial charge < -0.3 is 20.7 Å². The van der Waals surface area contributed by atoms with Crippen molar-refractivity contribution in [3.63, 3.8) is 0 Å². The number of ether oxygens (including phenoxy) is 1. The summed E-state index contributed by atoms with van der Waals surface area (Å²) in [6.07, 6.45) is 2.72. The molecule has 1 amide bonds. The van der Waals surface area contributed by atoms with E-state index >= 15 is 0 Å². The lowest BCUT2D eigenvalue weighted by Crippen LogP contribution is -2.41. The van der Waals surface area contributed by atoms with Crippen LogP contribution in [0.3, 0.4) is 0 Å². The van der Waals surface area contributed by atoms with Gasteiger partial charge in [0.15, 0.2) is 15.8 Å². The van der Waals surface area contributed by atoms with Crippen LogP contribution in [-0.4, -0.2) is 70.7 Å². The monoisotopic (exact) mass is 376 g/mol. The maximum atomic E-state index is 11.9. The van der Waals surface area contributed by atoms with Gasteiger partial charge >= 0.3 is 0 Å². The molecule has 0 aliphatic carbocycles. The Hall–Kier alpha value is -1.35. The Morgan fingerprint density at radius 3 is 2.68 bits per heavy atom. The van der Waals surface area contributed by atoms with Crippen LogP contribution in [0.15, 0.2) is 4.99 Å². The quantitative estimate of drug-likeness (QED) is 0.267. The fraction of sp³-hybridized carbons (Fsp3) is 0.875. The fourth-order valence-electron chi connectivity index (χ4n) is 2.50. The van der Waals surface area contributed by atoms with Crippen LogP contribution in [0.2, 0.25) is 0 Å². The highest BCUT2D eigenvalue weighted by molar-refractivity contribution is 7.91. The van der Waals surface area contributed by atoms with E-state index in [2.05, 4.69) is 20.9 Å². The first kappa shape index (κ1) is 21.7. The van der Waals surface area contributed by atoms with Gasteiger partial charge in [0.1, 0.15) is 0 Å². The van der Waals surface area contributed by atoms with Gasteiger partial charge in [0.2, 0.25) is 5.91 Å². The minimum absolute atomic E-state index is 0.0536. The first-order valence-electron chi connectivity index (χ1n) is 9.06. The lowest BCUT2D eigenvalue weighted by atomic mass is 10.2. The predicted molar refractivity (Wildman–Crippen MR) is 99.5 cm³/mol. The standard InChI is InChI=1S/C16H32N4O4S/c1-3-17-16(18-9-5-6-11-24-4-2)19-10-7-15(21)20-14-8-12-25(22,23)13-14/h14H,3-13H2,1-2H3,(H,20,21)(H2,17,18,19). The van der Waals surface area contributed by atoms with Gasteiger partial charge in [-0.15, -0.1) is 0 Å². The van der Waals surface area contributed by atoms with Crippen LogP contribution < -0.4 is 16.0 Å². The van der Waals surface area contributed by atoms with Crippen molar-refractivity contribution in [2.75, 3.05) is 44.4 Å². The molecular formula is C16H32N4O4S. The number of amides is 1. The molecular weight excluding hydrogens is 344 g/mol. The highest BCUT2D eigenvalue weighted by Gasteiger charge is 2.28. The number of carbonyl (C=O) groups excluding carboxylic acids is 1. The van der Waals surface area contributed by atoms with Crippen molar-refractivity contribution >= 4 is 21.7 Å². The summed E-state index contributed by atoms with van der Waals surface area (Å²) in [5, 5.41) is 9.04. The minimum atomic E-state index is -2.97. The van der Waals surface area contributed by atoms with Crippen molar-refractivity contribution in [2.24, 2.45) is 4.99 Å². The number of aliphatic imine (C=N–C) groups is 1. The Bertz CT molecular complexity index is 522. The van der Waals surface area contributed by atoms with Crippen molar-refractivity contribution in [1.82, 2.24) is 16.0 Å². The summed E-state index contributed by atoms with van der Waals surface area (Å²) < 4.78 is 28.1. The third-order valence-corrected chi connectivity index (χ3v) is 5.53. The summed E-state index contributed by atoms with van der Waals surface area (Å²) in [6, 6.07) is -0.246. The van der Waals surface area contributed by atoms with Gasteiger partial charge in [-0.25, -0.2) is 8.42 Å². The molecule has 146 valence electrons. The maximum Gasteiger partial charge on any atom is 0.222 e. The van der Waals surface area contributed by atoms with Crippen LogP contribution >= 0.6 is 0 Å². The largest absolute Gasteiger partial charge is 0.382 e. The van der Waals surface area contributed by atoms with Gasteiger partial charge in [0.05, 0.1) is 11.5 Å². The van der Waals surface area contributed by atoms with E-state index in [1.54, 1.807) is 0 Å². The topological polar surface area (TPSA) is 109 Å². The summed E-state index contributed by atoms with van der Waals surface area (Å²) in [7, 11) is -2.97. The summed E-state index contributed by atoms with van der Waals surface area (Å²) in [6.45, 7) is 7.36. The van der Waals surface area contributed by atoms with Crippen LogP contribution in [0, 0.1) is 0 Å². The summed E-state index contributed by atoms with van der Waals surface area (Å²) >= 11 is 0. The lowest BCUT2D eigenvalue weighted by molar-refractivity contribution is -0.121. The Labute approximate surface area is 151 Å². The number of rotatable bonds is 11. The SMILES string of the molecule is CCNC(=NCCCCOCC)NCCC(=O)NC1CCS(=O)(=O)C1. The van der Waals surface area contributed by atoms with Gasteiger partial charge in [0.25, 0.3) is 0 Å². The predicted octanol–water partition coefficient (Wildman–Crippen LogP) is 0.0516. The number of guanidine groups is 1. The molecule has 8 nitrogen and oxygen atoms in total. The molecule has 0 bridgehead atoms. The van der Waals surface area contributed by atoms with Crippen molar-refractivity contribution in [2.45, 2.75) is 45.6 Å². The second-order valence-corrected chi connectivity index (χ2v) is 8.24. The summed E-state index contributed by atoms with van der Waals surface area (Å²) in [5.41, 5.74) is 0. The van der Waals surface area contributed by atoms with E-state index in [9.17, 15) is 13.2 Å². The molecule has 25 heavy (non-hydrogen) atoms. The Balaban J connectivity index is 2.21. The molecule has 3 N–H and O–H groups in total. The number of carbonyl (C=O) groups is 1. The Kier molecular flexibility index (Phi) is 10.5. The zero-order valence-corrected chi connectivity index (χ0v) is 16.2. The van der Waals surface area contributed by atoms with E-state index in [4.69, 9.17) is 4.74 Å². The summed E-state index contributed by atoms with van der Waals surface area (Å²) in [5.74, 6) is 0.770. The van der Waals surface area contributed by atoms with E-state index in [-0.39, 0.29) is 29.9 Å². The molecule has 0 radical (unpaired) electrons. The molecule has 1 aliphatic heterocycles. The van der Waals surface area contributed by atoms with Crippen molar-refractivity contribution in [3.8, 4) is 0 Å². The highest BCUT2D eigenvalue weighted by atomic mass is 32.2. The normalized spacial score (nSPS) is 19.6. The molecule has 9 heteroatoms. The molecule has 0 aromatic heterocycles. The van der Waals surface area contributed by atoms with E-state index in [0.29, 0.717) is 25.5 Å². The van der Waals surface area contributed by atoms with Gasteiger partial charge in [0, 0.05) is 45.3 Å². The second-order valence-electron chi connectivity index (χ2n) is 6.01. The van der Waals surface area contributed by atoms with Gasteiger partial charge in [-0.1, -0.05) is 0 Å². The van der Waals surface area contributed by atoms with E-state index in [0.717, 1.165) is 32.6 Å². The third kappa shape index (κ3) is 10.3. The van der Waals surface area contributed by atoms with E-state index < -0.39 is 9.84 Å². The molecule has 1 unspecified atom stereocenters. The number of hydrogen-bond acceptors (Lipinski definition) is 5. The van der Waals surface area contributed by atoms with Crippen LogP contribution in [0.1, 0.15) is 39.5 Å². The molecule has 0 aromatic rings. The zero-order valence-electron chi connectivity index (χ0n) is 15.3. The fourth-order valence-corrected chi connectivity index (χ4v) is 4.17. The Morgan fingerprint density at radius 2 is 2.04 bits per heavy atom. The average molecular weight is 377 g/mol. The van der Waals surface area contributed by atoms with Crippen LogP contribution in [0.4, 0.5) is 0 Å². The van der Waals surface area contributed by atoms with E-state index in [1.165, 1.54) is 0 Å². The summed E-state index contributed by atoms with van der Waals surface area (Å²) in [4.78, 5) is 16.3. The third-order valence-electron chi connectivity index (χ3n) is 3.76. The molecule has 1 aliphatic rings. The molecule has 0 spiro atoms.